The molecule has 4 saturated heterocycles. The maximum Gasteiger partial charge on any atom is 0.230 e. The molecule has 0 bridgehead atoms. The molecule has 126 heavy (non-hydrogen) atoms. The zero-order chi connectivity index (χ0) is 86.7. The Morgan fingerprint density at radius 1 is 0.341 bits per heavy atom. The van der Waals surface area contributed by atoms with Gasteiger partial charge in [-0.1, -0.05) is 77.3 Å². The molecule has 8 aromatic heterocycles. The van der Waals surface area contributed by atoms with Crippen LogP contribution in [-0.4, -0.2) is 245 Å². The third-order valence-electron chi connectivity index (χ3n) is 21.3. The number of pyridine rings is 1. The number of aromatic nitrogens is 15. The Morgan fingerprint density at radius 2 is 0.683 bits per heavy atom. The standard InChI is InChI=1S/C31H39ClN8O4.C29H29ClN8O3.C28H28ClN9O3/c1-41-26-18-22(32)25(19-27(26)42-2)44-30-20-28(33-21-29-34-23-6-3-4-7-24(23)35-29)36-31(37-30)40-12-10-38(11-13-40)8-5-9-39-14-16-43-17-15-39;1-39-23-15-19(30)22(16-24(23)40-2)41-28-17-25(32-18-26-33-20-7-3-4-8-21(20)34-26)35-29(36-28)38-13-11-37(12-14-38)27-9-5-6-10-31-27;1-39-22-13-18(29)21(14-23(22)40-2)41-27-15-24(32-16-25-33-19-5-3-4-6-20(19)34-25)35-28(36-27)38-11-9-37(10-12-38)26-17-30-7-8-31-26/h3-4,6-7,18-20H,5,8-17,21H2,1-2H3,(H,34,35)(H,33,36,37);3-10,15-17H,11-14,18H2,1-2H3,(H,33,34)(H,32,35,36);3-8,13-15,17H,9-12,16H2,1-2H3,(H,33,34)(H,32,35,36). The first-order valence-corrected chi connectivity index (χ1v) is 42.3. The lowest BCUT2D eigenvalue weighted by molar-refractivity contribution is 0.0360. The topological polar surface area (TPSA) is 353 Å². The number of hydrogen-bond donors (Lipinski definition) is 6. The highest BCUT2D eigenvalue weighted by Gasteiger charge is 2.28. The van der Waals surface area contributed by atoms with E-state index in [9.17, 15) is 0 Å². The Kier molecular flexibility index (Phi) is 28.3. The first-order chi connectivity index (χ1) is 61.8. The van der Waals surface area contributed by atoms with Crippen LogP contribution in [0, 0.1) is 0 Å². The van der Waals surface area contributed by atoms with Crippen molar-refractivity contribution in [1.29, 1.82) is 0 Å². The van der Waals surface area contributed by atoms with Gasteiger partial charge in [0.2, 0.25) is 35.5 Å². The molecule has 0 aliphatic carbocycles. The van der Waals surface area contributed by atoms with E-state index in [1.54, 1.807) is 116 Å². The van der Waals surface area contributed by atoms with Gasteiger partial charge in [-0.15, -0.1) is 0 Å². The number of aromatic amines is 3. The number of rotatable bonds is 30. The van der Waals surface area contributed by atoms with Crippen LogP contribution < -0.4 is 83.1 Å². The van der Waals surface area contributed by atoms with Crippen molar-refractivity contribution in [1.82, 2.24) is 84.6 Å². The van der Waals surface area contributed by atoms with Crippen molar-refractivity contribution in [2.75, 3.05) is 201 Å². The summed E-state index contributed by atoms with van der Waals surface area (Å²) in [4.78, 5) is 81.8. The molecule has 18 rings (SSSR count). The number of benzene rings is 6. The van der Waals surface area contributed by atoms with Crippen molar-refractivity contribution in [2.24, 2.45) is 0 Å². The summed E-state index contributed by atoms with van der Waals surface area (Å²) in [7, 11) is 9.35. The van der Waals surface area contributed by atoms with Gasteiger partial charge in [0, 0.05) is 165 Å². The smallest absolute Gasteiger partial charge is 0.230 e. The van der Waals surface area contributed by atoms with Crippen molar-refractivity contribution in [3.8, 4) is 69.4 Å². The minimum absolute atomic E-state index is 0.326. The Hall–Kier alpha value is -13.5. The predicted octanol–water partition coefficient (Wildman–Crippen LogP) is 14.0. The Morgan fingerprint density at radius 3 is 1.04 bits per heavy atom. The van der Waals surface area contributed by atoms with E-state index >= 15 is 0 Å². The highest BCUT2D eigenvalue weighted by Crippen LogP contribution is 2.43. The van der Waals surface area contributed by atoms with Gasteiger partial charge in [0.1, 0.15) is 46.6 Å². The fraction of sp³-hybridized carbons (Fsp3) is 0.318. The average Bonchev–Trinajstić information content (AvgIpc) is 1.06. The van der Waals surface area contributed by atoms with Gasteiger partial charge in [0.15, 0.2) is 51.7 Å². The largest absolute Gasteiger partial charge is 0.493 e. The molecule has 14 aromatic rings. The number of ether oxygens (including phenoxy) is 10. The molecule has 4 aliphatic rings. The van der Waals surface area contributed by atoms with E-state index in [0.717, 1.165) is 173 Å². The highest BCUT2D eigenvalue weighted by molar-refractivity contribution is 6.33. The first-order valence-electron chi connectivity index (χ1n) is 41.2. The molecular formula is C88H96Cl3N25O10. The van der Waals surface area contributed by atoms with Crippen molar-refractivity contribution in [2.45, 2.75) is 26.1 Å². The van der Waals surface area contributed by atoms with Crippen LogP contribution in [0.25, 0.3) is 33.1 Å². The maximum atomic E-state index is 6.55. The van der Waals surface area contributed by atoms with Gasteiger partial charge >= 0.3 is 0 Å². The van der Waals surface area contributed by atoms with Crippen molar-refractivity contribution >= 4 is 115 Å². The summed E-state index contributed by atoms with van der Waals surface area (Å²) in [6.07, 6.45) is 8.11. The summed E-state index contributed by atoms with van der Waals surface area (Å²) in [5.41, 5.74) is 5.67. The van der Waals surface area contributed by atoms with Crippen LogP contribution in [0.2, 0.25) is 15.1 Å². The fourth-order valence-electron chi connectivity index (χ4n) is 14.7. The van der Waals surface area contributed by atoms with Gasteiger partial charge in [-0.2, -0.15) is 29.9 Å². The Bertz CT molecular complexity index is 5620. The zero-order valence-corrected chi connectivity index (χ0v) is 72.7. The summed E-state index contributed by atoms with van der Waals surface area (Å²) in [6.45, 7) is 16.7. The van der Waals surface area contributed by atoms with Gasteiger partial charge in [-0.05, 0) is 68.0 Å². The number of hydrogen-bond acceptors (Lipinski definition) is 32. The van der Waals surface area contributed by atoms with Crippen LogP contribution in [0.5, 0.6) is 69.4 Å². The van der Waals surface area contributed by atoms with E-state index in [2.05, 4.69) is 95.1 Å². The SMILES string of the molecule is COc1cc(Cl)c(Oc2cc(NCc3nc4ccccc4[nH]3)nc(N3CCN(CCCN4CCOCC4)CC3)n2)cc1OC.COc1cc(Cl)c(Oc2cc(NCc3nc4ccccc4[nH]3)nc(N3CCN(c4ccccn4)CC3)n2)cc1OC.COc1cc(Cl)c(Oc2cc(NCc3nc4ccccc4[nH]3)nc(N3CCN(c4cnccn4)CC3)n2)cc1OC. The van der Waals surface area contributed by atoms with Gasteiger partial charge in [0.05, 0.1) is 130 Å². The predicted molar refractivity (Wildman–Crippen MR) is 486 cm³/mol. The molecule has 38 heteroatoms. The second-order valence-corrected chi connectivity index (χ2v) is 30.6. The molecular weight excluding hydrogens is 1670 g/mol. The highest BCUT2D eigenvalue weighted by atomic mass is 35.5. The van der Waals surface area contributed by atoms with Crippen molar-refractivity contribution in [3.63, 3.8) is 0 Å². The summed E-state index contributed by atoms with van der Waals surface area (Å²) in [5.74, 6) is 12.9. The van der Waals surface area contributed by atoms with E-state index in [0.29, 0.717) is 152 Å². The van der Waals surface area contributed by atoms with Gasteiger partial charge in [-0.3, -0.25) is 14.8 Å². The molecule has 654 valence electrons. The maximum absolute atomic E-state index is 6.55. The zero-order valence-electron chi connectivity index (χ0n) is 70.4. The fourth-order valence-corrected chi connectivity index (χ4v) is 15.3. The molecule has 4 fully saturated rings. The summed E-state index contributed by atoms with van der Waals surface area (Å²) >= 11 is 19.6. The third kappa shape index (κ3) is 21.8. The number of imidazole rings is 3. The van der Waals surface area contributed by atoms with Crippen molar-refractivity contribution < 1.29 is 47.4 Å². The Balaban J connectivity index is 0.000000139. The van der Waals surface area contributed by atoms with Gasteiger partial charge in [-0.25, -0.2) is 24.9 Å². The third-order valence-corrected chi connectivity index (χ3v) is 22.2. The molecule has 4 aliphatic heterocycles. The molecule has 0 unspecified atom stereocenters. The van der Waals surface area contributed by atoms with Gasteiger partial charge in [0.25, 0.3) is 0 Å². The number of anilines is 8. The molecule has 35 nitrogen and oxygen atoms in total. The molecule has 6 aromatic carbocycles. The molecule has 0 atom stereocenters. The number of fused-ring (bicyclic) bond motifs is 3. The Labute approximate surface area is 742 Å². The number of nitrogens with zero attached hydrogens (tertiary/aromatic N) is 19. The minimum Gasteiger partial charge on any atom is -0.493 e. The van der Waals surface area contributed by atoms with Crippen LogP contribution in [0.15, 0.2) is 170 Å². The molecule has 0 saturated carbocycles. The van der Waals surface area contributed by atoms with Crippen molar-refractivity contribution in [3.05, 3.63) is 203 Å². The number of halogens is 3. The lowest BCUT2D eigenvalue weighted by Crippen LogP contribution is -2.47. The number of para-hydroxylation sites is 6. The number of nitrogens with one attached hydrogen (secondary N) is 6. The lowest BCUT2D eigenvalue weighted by atomic mass is 10.2. The van der Waals surface area contributed by atoms with Crippen LogP contribution in [0.1, 0.15) is 23.9 Å². The van der Waals surface area contributed by atoms with E-state index in [-0.39, 0.29) is 0 Å². The summed E-state index contributed by atoms with van der Waals surface area (Å²) < 4.78 is 56.4. The first kappa shape index (κ1) is 86.1. The molecule has 0 amide bonds. The van der Waals surface area contributed by atoms with Gasteiger partial charge < -0.3 is 103 Å². The van der Waals surface area contributed by atoms with Crippen LogP contribution in [0.3, 0.4) is 0 Å². The van der Waals surface area contributed by atoms with Crippen LogP contribution in [0.4, 0.5) is 46.9 Å². The summed E-state index contributed by atoms with van der Waals surface area (Å²) in [6, 6.07) is 44.9. The average molecular weight is 1770 g/mol. The van der Waals surface area contributed by atoms with E-state index in [4.69, 9.17) is 112 Å². The normalized spacial score (nSPS) is 14.4. The monoisotopic (exact) mass is 1770 g/mol. The van der Waals surface area contributed by atoms with E-state index in [1.807, 2.05) is 97.2 Å². The van der Waals surface area contributed by atoms with Crippen LogP contribution in [-0.2, 0) is 24.4 Å². The number of methoxy groups -OCH3 is 6. The molecule has 12 heterocycles. The number of H-pyrrole nitrogens is 3. The lowest BCUT2D eigenvalue weighted by Gasteiger charge is -2.35. The second-order valence-electron chi connectivity index (χ2n) is 29.4. The van der Waals surface area contributed by atoms with Crippen LogP contribution >= 0.6 is 34.8 Å². The molecule has 0 radical (unpaired) electrons. The minimum atomic E-state index is 0.326. The van der Waals surface area contributed by atoms with E-state index in [1.165, 1.54) is 0 Å². The summed E-state index contributed by atoms with van der Waals surface area (Å²) in [5, 5.41) is 11.2. The quantitative estimate of drug-likeness (QED) is 0.0243. The number of piperazine rings is 3. The molecule has 6 N–H and O–H groups in total. The second kappa shape index (κ2) is 41.4. The van der Waals surface area contributed by atoms with E-state index < -0.39 is 0 Å². The molecule has 0 spiro atoms. The number of morpholine rings is 1.